The number of pyridine rings is 1. The van der Waals surface area contributed by atoms with Crippen molar-refractivity contribution in [2.75, 3.05) is 13.2 Å². The van der Waals surface area contributed by atoms with Gasteiger partial charge in [0.15, 0.2) is 0 Å². The zero-order chi connectivity index (χ0) is 21.1. The summed E-state index contributed by atoms with van der Waals surface area (Å²) in [6.45, 7) is 12.3. The molecular weight excluding hydrogens is 358 g/mol. The molecule has 0 fully saturated rings. The maximum absolute atomic E-state index is 9.00. The van der Waals surface area contributed by atoms with Gasteiger partial charge in [-0.15, -0.1) is 0 Å². The minimum atomic E-state index is -0.833. The van der Waals surface area contributed by atoms with Gasteiger partial charge in [0.1, 0.15) is 18.2 Å². The summed E-state index contributed by atoms with van der Waals surface area (Å²) < 4.78 is 13.2. The van der Waals surface area contributed by atoms with Crippen LogP contribution in [0.15, 0.2) is 42.9 Å². The number of aryl methyl sites for hydroxylation is 1. The smallest absolute Gasteiger partial charge is 0.300 e. The van der Waals surface area contributed by atoms with Gasteiger partial charge in [-0.2, -0.15) is 0 Å². The quantitative estimate of drug-likeness (QED) is 0.783. The zero-order valence-electron chi connectivity index (χ0n) is 17.2. The lowest BCUT2D eigenvalue weighted by molar-refractivity contribution is -0.134. The maximum Gasteiger partial charge on any atom is 0.300 e. The maximum atomic E-state index is 9.00. The Morgan fingerprint density at radius 2 is 2.07 bits per heavy atom. The van der Waals surface area contributed by atoms with Gasteiger partial charge >= 0.3 is 0 Å². The van der Waals surface area contributed by atoms with E-state index in [0.717, 1.165) is 48.2 Å². The van der Waals surface area contributed by atoms with Gasteiger partial charge < -0.3 is 19.1 Å². The van der Waals surface area contributed by atoms with Crippen molar-refractivity contribution < 1.29 is 19.4 Å². The van der Waals surface area contributed by atoms with Gasteiger partial charge in [0, 0.05) is 56.2 Å². The first-order chi connectivity index (χ1) is 13.4. The highest BCUT2D eigenvalue weighted by molar-refractivity contribution is 5.68. The van der Waals surface area contributed by atoms with Crippen LogP contribution in [0.25, 0.3) is 5.57 Å². The Hall–Kier alpha value is -3.09. The van der Waals surface area contributed by atoms with Crippen LogP contribution < -0.4 is 9.47 Å². The van der Waals surface area contributed by atoms with Gasteiger partial charge in [0.05, 0.1) is 6.61 Å². The second-order valence-corrected chi connectivity index (χ2v) is 5.91. The number of hydrogen-bond acceptors (Lipinski definition) is 5. The minimum Gasteiger partial charge on any atom is -0.493 e. The molecule has 1 aliphatic heterocycles. The lowest BCUT2D eigenvalue weighted by Gasteiger charge is -2.08. The SMILES string of the molecule is C=C(/C=C(\C)COc1cc2c(cn1)CCO2)c1nccn1C.CC.CC(=O)O. The zero-order valence-corrected chi connectivity index (χ0v) is 17.2. The first-order valence-electron chi connectivity index (χ1n) is 9.14. The van der Waals surface area contributed by atoms with Crippen LogP contribution in [0.1, 0.15) is 39.1 Å². The van der Waals surface area contributed by atoms with Gasteiger partial charge in [-0.3, -0.25) is 4.79 Å². The van der Waals surface area contributed by atoms with E-state index in [1.165, 1.54) is 0 Å². The molecule has 0 aromatic carbocycles. The van der Waals surface area contributed by atoms with E-state index >= 15 is 0 Å². The second kappa shape index (κ2) is 11.6. The lowest BCUT2D eigenvalue weighted by Crippen LogP contribution is -2.02. The number of aromatic nitrogens is 3. The highest BCUT2D eigenvalue weighted by Crippen LogP contribution is 2.27. The van der Waals surface area contributed by atoms with Gasteiger partial charge in [0.2, 0.25) is 5.88 Å². The standard InChI is InChI=1S/C17H19N3O2.C2H4O2.C2H6/c1-12(8-13(2)17-18-5-6-20(17)3)11-22-16-9-15-14(10-19-16)4-7-21-15;1-2(3)4;1-2/h5-6,8-10H,2,4,7,11H2,1,3H3;1H3,(H,3,4);1-2H3/b12-8+;;. The molecule has 3 heterocycles. The van der Waals surface area contributed by atoms with Crippen LogP contribution in [-0.4, -0.2) is 38.8 Å². The largest absolute Gasteiger partial charge is 0.493 e. The van der Waals surface area contributed by atoms with Crippen molar-refractivity contribution >= 4 is 11.5 Å². The van der Waals surface area contributed by atoms with Crippen LogP contribution in [0.5, 0.6) is 11.6 Å². The van der Waals surface area contributed by atoms with E-state index in [9.17, 15) is 0 Å². The van der Waals surface area contributed by atoms with Gasteiger partial charge in [-0.05, 0) is 18.6 Å². The van der Waals surface area contributed by atoms with Crippen LogP contribution in [0.3, 0.4) is 0 Å². The first-order valence-corrected chi connectivity index (χ1v) is 9.14. The molecule has 0 spiro atoms. The number of hydrogen-bond donors (Lipinski definition) is 1. The molecule has 0 aliphatic carbocycles. The molecular formula is C21H29N3O4. The molecule has 0 bridgehead atoms. The molecule has 7 heteroatoms. The Bertz CT molecular complexity index is 821. The number of carboxylic acids is 1. The summed E-state index contributed by atoms with van der Waals surface area (Å²) in [5, 5.41) is 7.42. The summed E-state index contributed by atoms with van der Waals surface area (Å²) in [5.74, 6) is 1.48. The van der Waals surface area contributed by atoms with Gasteiger partial charge in [0.25, 0.3) is 5.97 Å². The molecule has 0 saturated carbocycles. The van der Waals surface area contributed by atoms with Gasteiger partial charge in [-0.1, -0.05) is 20.4 Å². The minimum absolute atomic E-state index is 0.454. The molecule has 0 saturated heterocycles. The lowest BCUT2D eigenvalue weighted by atomic mass is 10.2. The van der Waals surface area contributed by atoms with E-state index in [0.29, 0.717) is 12.5 Å². The van der Waals surface area contributed by atoms with E-state index in [1.54, 1.807) is 6.20 Å². The van der Waals surface area contributed by atoms with E-state index in [-0.39, 0.29) is 0 Å². The molecule has 28 heavy (non-hydrogen) atoms. The molecule has 0 atom stereocenters. The van der Waals surface area contributed by atoms with Gasteiger partial charge in [-0.25, -0.2) is 9.97 Å². The monoisotopic (exact) mass is 387 g/mol. The van der Waals surface area contributed by atoms with Crippen molar-refractivity contribution in [1.82, 2.24) is 14.5 Å². The van der Waals surface area contributed by atoms with Crippen LogP contribution >= 0.6 is 0 Å². The van der Waals surface area contributed by atoms with Crippen LogP contribution in [0, 0.1) is 0 Å². The number of carbonyl (C=O) groups is 1. The fourth-order valence-corrected chi connectivity index (χ4v) is 2.39. The van der Waals surface area contributed by atoms with Crippen molar-refractivity contribution in [2.24, 2.45) is 7.05 Å². The number of nitrogens with zero attached hydrogens (tertiary/aromatic N) is 3. The molecule has 3 rings (SSSR count). The summed E-state index contributed by atoms with van der Waals surface area (Å²) in [4.78, 5) is 17.6. The van der Waals surface area contributed by atoms with Crippen LogP contribution in [-0.2, 0) is 18.3 Å². The first kappa shape index (κ1) is 23.0. The van der Waals surface area contributed by atoms with Crippen molar-refractivity contribution in [3.05, 3.63) is 54.3 Å². The van der Waals surface area contributed by atoms with Crippen LogP contribution in [0.2, 0.25) is 0 Å². The normalized spacial score (nSPS) is 11.8. The fraction of sp³-hybridized carbons (Fsp3) is 0.381. The summed E-state index contributed by atoms with van der Waals surface area (Å²) in [7, 11) is 1.95. The topological polar surface area (TPSA) is 86.5 Å². The summed E-state index contributed by atoms with van der Waals surface area (Å²) >= 11 is 0. The van der Waals surface area contributed by atoms with E-state index in [1.807, 2.05) is 56.9 Å². The average Bonchev–Trinajstić information content (AvgIpc) is 3.29. The van der Waals surface area contributed by atoms with Crippen molar-refractivity contribution in [1.29, 1.82) is 0 Å². The van der Waals surface area contributed by atoms with E-state index in [2.05, 4.69) is 16.5 Å². The summed E-state index contributed by atoms with van der Waals surface area (Å²) in [6.07, 6.45) is 8.38. The third-order valence-corrected chi connectivity index (χ3v) is 3.52. The number of fused-ring (bicyclic) bond motifs is 1. The molecule has 7 nitrogen and oxygen atoms in total. The molecule has 1 N–H and O–H groups in total. The number of aliphatic carboxylic acids is 1. The molecule has 2 aromatic heterocycles. The highest BCUT2D eigenvalue weighted by Gasteiger charge is 2.13. The number of ether oxygens (including phenoxy) is 2. The predicted octanol–water partition coefficient (Wildman–Crippen LogP) is 3.91. The third-order valence-electron chi connectivity index (χ3n) is 3.52. The average molecular weight is 387 g/mol. The number of rotatable bonds is 5. The Labute approximate surface area is 166 Å². The predicted molar refractivity (Wildman–Crippen MR) is 110 cm³/mol. The summed E-state index contributed by atoms with van der Waals surface area (Å²) in [5.41, 5.74) is 3.05. The second-order valence-electron chi connectivity index (χ2n) is 5.91. The number of imidazole rings is 1. The van der Waals surface area contributed by atoms with E-state index < -0.39 is 5.97 Å². The Balaban J connectivity index is 0.000000583. The molecule has 0 amide bonds. The molecule has 0 unspecified atom stereocenters. The molecule has 1 aliphatic rings. The molecule has 2 aromatic rings. The van der Waals surface area contributed by atoms with E-state index in [4.69, 9.17) is 19.4 Å². The third kappa shape index (κ3) is 7.26. The highest BCUT2D eigenvalue weighted by atomic mass is 16.5. The van der Waals surface area contributed by atoms with Crippen LogP contribution in [0.4, 0.5) is 0 Å². The number of carboxylic acid groups (broad SMARTS) is 1. The fourth-order valence-electron chi connectivity index (χ4n) is 2.39. The Morgan fingerprint density at radius 1 is 1.39 bits per heavy atom. The number of allylic oxidation sites excluding steroid dienone is 2. The molecule has 152 valence electrons. The van der Waals surface area contributed by atoms with Crippen molar-refractivity contribution in [2.45, 2.75) is 34.1 Å². The summed E-state index contributed by atoms with van der Waals surface area (Å²) in [6, 6.07) is 1.85. The van der Waals surface area contributed by atoms with Crippen molar-refractivity contribution in [3.63, 3.8) is 0 Å². The Kier molecular flexibility index (Phi) is 9.50. The molecule has 0 radical (unpaired) electrons. The van der Waals surface area contributed by atoms with Crippen molar-refractivity contribution in [3.8, 4) is 11.6 Å². The Morgan fingerprint density at radius 3 is 2.68 bits per heavy atom.